The number of halogens is 1. The second-order valence-corrected chi connectivity index (χ2v) is 6.52. The van der Waals surface area contributed by atoms with Crippen molar-refractivity contribution >= 4 is 23.2 Å². The van der Waals surface area contributed by atoms with Crippen LogP contribution in [0.5, 0.6) is 0 Å². The van der Waals surface area contributed by atoms with Crippen molar-refractivity contribution in [1.82, 2.24) is 19.6 Å². The van der Waals surface area contributed by atoms with Crippen molar-refractivity contribution in [2.45, 2.75) is 34.4 Å². The summed E-state index contributed by atoms with van der Waals surface area (Å²) < 4.78 is 3.42. The SMILES string of the molecule is Cc1ccc(C)c(NC(=O)c2ccn(Cn3nc(C)c(Cl)c3C)n2)c1. The number of hydrogen-bond donors (Lipinski definition) is 1. The first kappa shape index (κ1) is 17.2. The van der Waals surface area contributed by atoms with Gasteiger partial charge in [0.05, 0.1) is 16.4 Å². The zero-order valence-electron chi connectivity index (χ0n) is 14.7. The highest BCUT2D eigenvalue weighted by Crippen LogP contribution is 2.19. The first-order valence-corrected chi connectivity index (χ1v) is 8.34. The van der Waals surface area contributed by atoms with Gasteiger partial charge in [0, 0.05) is 11.9 Å². The molecule has 0 aliphatic rings. The fraction of sp³-hybridized carbons (Fsp3) is 0.278. The molecule has 1 amide bonds. The van der Waals surface area contributed by atoms with Crippen LogP contribution in [0.15, 0.2) is 30.5 Å². The topological polar surface area (TPSA) is 64.7 Å². The zero-order chi connectivity index (χ0) is 18.1. The number of aromatic nitrogens is 4. The Morgan fingerprint density at radius 2 is 1.92 bits per heavy atom. The summed E-state index contributed by atoms with van der Waals surface area (Å²) in [5.74, 6) is -0.237. The van der Waals surface area contributed by atoms with E-state index in [0.717, 1.165) is 28.2 Å². The van der Waals surface area contributed by atoms with E-state index in [1.165, 1.54) is 0 Å². The Balaban J connectivity index is 1.75. The second-order valence-electron chi connectivity index (χ2n) is 6.14. The smallest absolute Gasteiger partial charge is 0.276 e. The summed E-state index contributed by atoms with van der Waals surface area (Å²) in [6, 6.07) is 7.63. The monoisotopic (exact) mass is 357 g/mol. The van der Waals surface area contributed by atoms with Gasteiger partial charge in [-0.05, 0) is 51.0 Å². The minimum atomic E-state index is -0.237. The van der Waals surface area contributed by atoms with Crippen LogP contribution < -0.4 is 5.32 Å². The van der Waals surface area contributed by atoms with Gasteiger partial charge in [-0.15, -0.1) is 0 Å². The molecule has 0 bridgehead atoms. The number of hydrogen-bond acceptors (Lipinski definition) is 3. The largest absolute Gasteiger partial charge is 0.320 e. The lowest BCUT2D eigenvalue weighted by atomic mass is 10.1. The van der Waals surface area contributed by atoms with Crippen LogP contribution in [-0.4, -0.2) is 25.5 Å². The highest BCUT2D eigenvalue weighted by atomic mass is 35.5. The van der Waals surface area contributed by atoms with Gasteiger partial charge in [0.1, 0.15) is 6.67 Å². The Morgan fingerprint density at radius 3 is 2.60 bits per heavy atom. The number of nitrogens with one attached hydrogen (secondary N) is 1. The molecule has 0 saturated carbocycles. The molecule has 130 valence electrons. The lowest BCUT2D eigenvalue weighted by molar-refractivity contribution is 0.102. The average molecular weight is 358 g/mol. The molecule has 0 radical (unpaired) electrons. The van der Waals surface area contributed by atoms with E-state index in [-0.39, 0.29) is 5.91 Å². The van der Waals surface area contributed by atoms with Crippen LogP contribution in [0.4, 0.5) is 5.69 Å². The maximum absolute atomic E-state index is 12.4. The average Bonchev–Trinajstić information content (AvgIpc) is 3.13. The van der Waals surface area contributed by atoms with Gasteiger partial charge in [0.2, 0.25) is 0 Å². The van der Waals surface area contributed by atoms with Gasteiger partial charge in [-0.3, -0.25) is 9.48 Å². The van der Waals surface area contributed by atoms with Crippen LogP contribution in [0.2, 0.25) is 5.02 Å². The van der Waals surface area contributed by atoms with Crippen molar-refractivity contribution in [3.63, 3.8) is 0 Å². The summed E-state index contributed by atoms with van der Waals surface area (Å²) in [7, 11) is 0. The van der Waals surface area contributed by atoms with E-state index < -0.39 is 0 Å². The molecule has 0 unspecified atom stereocenters. The van der Waals surface area contributed by atoms with Crippen molar-refractivity contribution in [1.29, 1.82) is 0 Å². The molecule has 2 heterocycles. The third kappa shape index (κ3) is 3.58. The summed E-state index contributed by atoms with van der Waals surface area (Å²) in [6.07, 6.45) is 1.75. The molecule has 0 saturated heterocycles. The molecule has 0 aliphatic carbocycles. The second kappa shape index (κ2) is 6.72. The van der Waals surface area contributed by atoms with Crippen molar-refractivity contribution in [3.05, 3.63) is 63.7 Å². The molecule has 0 aliphatic heterocycles. The zero-order valence-corrected chi connectivity index (χ0v) is 15.4. The van der Waals surface area contributed by atoms with Crippen molar-refractivity contribution in [2.24, 2.45) is 0 Å². The Kier molecular flexibility index (Phi) is 4.63. The van der Waals surface area contributed by atoms with Crippen molar-refractivity contribution in [3.8, 4) is 0 Å². The standard InChI is InChI=1S/C18H20ClN5O/c1-11-5-6-12(2)16(9-11)20-18(25)15-7-8-23(22-15)10-24-14(4)17(19)13(3)21-24/h5-9H,10H2,1-4H3,(H,20,25). The molecule has 3 aromatic rings. The summed E-state index contributed by atoms with van der Waals surface area (Å²) in [5, 5.41) is 12.3. The van der Waals surface area contributed by atoms with E-state index in [1.807, 2.05) is 45.9 Å². The van der Waals surface area contributed by atoms with Gasteiger partial charge in [-0.25, -0.2) is 4.68 Å². The van der Waals surface area contributed by atoms with Gasteiger partial charge < -0.3 is 5.32 Å². The molecule has 25 heavy (non-hydrogen) atoms. The third-order valence-corrected chi connectivity index (χ3v) is 4.63. The molecule has 7 heteroatoms. The van der Waals surface area contributed by atoms with E-state index in [9.17, 15) is 4.79 Å². The van der Waals surface area contributed by atoms with Gasteiger partial charge in [-0.1, -0.05) is 23.7 Å². The summed E-state index contributed by atoms with van der Waals surface area (Å²) in [4.78, 5) is 12.4. The predicted molar refractivity (Wildman–Crippen MR) is 98.2 cm³/mol. The Hall–Kier alpha value is -2.60. The van der Waals surface area contributed by atoms with Crippen LogP contribution in [0.25, 0.3) is 0 Å². The Morgan fingerprint density at radius 1 is 1.16 bits per heavy atom. The van der Waals surface area contributed by atoms with Crippen molar-refractivity contribution in [2.75, 3.05) is 5.32 Å². The van der Waals surface area contributed by atoms with E-state index in [0.29, 0.717) is 17.4 Å². The molecular formula is C18H20ClN5O. The summed E-state index contributed by atoms with van der Waals surface area (Å²) in [5.41, 5.74) is 4.90. The van der Waals surface area contributed by atoms with Crippen LogP contribution in [0.1, 0.15) is 33.0 Å². The highest BCUT2D eigenvalue weighted by Gasteiger charge is 2.13. The van der Waals surface area contributed by atoms with Gasteiger partial charge in [0.15, 0.2) is 5.69 Å². The van der Waals surface area contributed by atoms with Crippen LogP contribution >= 0.6 is 11.6 Å². The first-order valence-electron chi connectivity index (χ1n) is 7.96. The van der Waals surface area contributed by atoms with Gasteiger partial charge >= 0.3 is 0 Å². The number of amides is 1. The number of benzene rings is 1. The maximum Gasteiger partial charge on any atom is 0.276 e. The van der Waals surface area contributed by atoms with E-state index in [1.54, 1.807) is 21.6 Å². The van der Waals surface area contributed by atoms with Gasteiger partial charge in [0.25, 0.3) is 5.91 Å². The molecule has 0 spiro atoms. The lowest BCUT2D eigenvalue weighted by Crippen LogP contribution is -2.16. The van der Waals surface area contributed by atoms with Crippen LogP contribution in [-0.2, 0) is 6.67 Å². The maximum atomic E-state index is 12.4. The fourth-order valence-electron chi connectivity index (χ4n) is 2.57. The normalized spacial score (nSPS) is 10.9. The number of rotatable bonds is 4. The van der Waals surface area contributed by atoms with E-state index in [2.05, 4.69) is 15.5 Å². The summed E-state index contributed by atoms with van der Waals surface area (Å²) >= 11 is 6.16. The lowest BCUT2D eigenvalue weighted by Gasteiger charge is -2.08. The number of carbonyl (C=O) groups is 1. The van der Waals surface area contributed by atoms with Crippen LogP contribution in [0.3, 0.4) is 0 Å². The Bertz CT molecular complexity index is 941. The Labute approximate surface area is 151 Å². The molecule has 1 aromatic carbocycles. The van der Waals surface area contributed by atoms with Crippen molar-refractivity contribution < 1.29 is 4.79 Å². The fourth-order valence-corrected chi connectivity index (χ4v) is 2.70. The summed E-state index contributed by atoms with van der Waals surface area (Å²) in [6.45, 7) is 8.11. The molecule has 2 aromatic heterocycles. The first-order chi connectivity index (χ1) is 11.8. The number of carbonyl (C=O) groups excluding carboxylic acids is 1. The van der Waals surface area contributed by atoms with E-state index in [4.69, 9.17) is 11.6 Å². The molecular weight excluding hydrogens is 338 g/mol. The minimum Gasteiger partial charge on any atom is -0.320 e. The van der Waals surface area contributed by atoms with Gasteiger partial charge in [-0.2, -0.15) is 10.2 Å². The highest BCUT2D eigenvalue weighted by molar-refractivity contribution is 6.31. The molecule has 0 fully saturated rings. The van der Waals surface area contributed by atoms with Crippen LogP contribution in [0, 0.1) is 27.7 Å². The number of nitrogens with zero attached hydrogens (tertiary/aromatic N) is 4. The molecule has 3 rings (SSSR count). The third-order valence-electron chi connectivity index (χ3n) is 4.09. The molecule has 0 atom stereocenters. The number of anilines is 1. The van der Waals surface area contributed by atoms with E-state index >= 15 is 0 Å². The molecule has 6 nitrogen and oxygen atoms in total. The minimum absolute atomic E-state index is 0.237. The predicted octanol–water partition coefficient (Wildman–Crippen LogP) is 3.72. The molecule has 1 N–H and O–H groups in total. The quantitative estimate of drug-likeness (QED) is 0.773. The number of aryl methyl sites for hydroxylation is 3.